The van der Waals surface area contributed by atoms with Crippen molar-refractivity contribution in [3.63, 3.8) is 0 Å². The second-order valence-electron chi connectivity index (χ2n) is 4.35. The number of rotatable bonds is 4. The molecule has 1 heterocycles. The molecule has 98 valence electrons. The number of nitrogens with one attached hydrogen (secondary N) is 1. The van der Waals surface area contributed by atoms with Crippen LogP contribution in [0.15, 0.2) is 48.7 Å². The van der Waals surface area contributed by atoms with Crippen LogP contribution in [0.25, 0.3) is 0 Å². The lowest BCUT2D eigenvalue weighted by Crippen LogP contribution is -2.28. The van der Waals surface area contributed by atoms with Crippen LogP contribution < -0.4 is 5.32 Å². The van der Waals surface area contributed by atoms with E-state index in [1.54, 1.807) is 18.3 Å². The molecule has 0 bridgehead atoms. The number of benzene rings is 1. The molecule has 1 atom stereocenters. The molecule has 1 unspecified atom stereocenters. The summed E-state index contributed by atoms with van der Waals surface area (Å²) >= 11 is 5.80. The van der Waals surface area contributed by atoms with Crippen molar-refractivity contribution >= 4 is 17.5 Å². The number of amides is 1. The third-order valence-electron chi connectivity index (χ3n) is 2.79. The lowest BCUT2D eigenvalue weighted by Gasteiger charge is -2.13. The maximum Gasteiger partial charge on any atom is 0.224 e. The highest BCUT2D eigenvalue weighted by Gasteiger charge is 2.10. The van der Waals surface area contributed by atoms with Crippen LogP contribution in [-0.2, 0) is 11.2 Å². The molecule has 2 aromatic rings. The Hall–Kier alpha value is -1.87. The average molecular weight is 275 g/mol. The van der Waals surface area contributed by atoms with Crippen LogP contribution in [0.1, 0.15) is 24.2 Å². The van der Waals surface area contributed by atoms with Crippen molar-refractivity contribution in [2.45, 2.75) is 19.4 Å². The molecule has 0 aliphatic carbocycles. The van der Waals surface area contributed by atoms with Crippen molar-refractivity contribution in [3.05, 3.63) is 64.9 Å². The number of pyridine rings is 1. The van der Waals surface area contributed by atoms with E-state index in [0.29, 0.717) is 11.4 Å². The molecule has 0 saturated heterocycles. The van der Waals surface area contributed by atoms with Gasteiger partial charge in [0.25, 0.3) is 0 Å². The number of hydrogen-bond acceptors (Lipinski definition) is 2. The predicted octanol–water partition coefficient (Wildman–Crippen LogP) is 3.15. The standard InChI is InChI=1S/C15H15ClN2O/c1-11(14-4-2-3-9-17-14)18-15(19)10-12-5-7-13(16)8-6-12/h2-9,11H,10H2,1H3,(H,18,19). The Morgan fingerprint density at radius 2 is 2.00 bits per heavy atom. The molecule has 0 aliphatic rings. The zero-order valence-electron chi connectivity index (χ0n) is 10.6. The summed E-state index contributed by atoms with van der Waals surface area (Å²) in [4.78, 5) is 16.1. The maximum absolute atomic E-state index is 11.9. The smallest absolute Gasteiger partial charge is 0.224 e. The van der Waals surface area contributed by atoms with Gasteiger partial charge in [-0.15, -0.1) is 0 Å². The monoisotopic (exact) mass is 274 g/mol. The van der Waals surface area contributed by atoms with Crippen LogP contribution in [0.4, 0.5) is 0 Å². The Kier molecular flexibility index (Phi) is 4.53. The fourth-order valence-electron chi connectivity index (χ4n) is 1.79. The number of carbonyl (C=O) groups is 1. The van der Waals surface area contributed by atoms with Gasteiger partial charge in [-0.05, 0) is 36.8 Å². The van der Waals surface area contributed by atoms with Crippen LogP contribution >= 0.6 is 11.6 Å². The Labute approximate surface area is 117 Å². The Bertz CT molecular complexity index is 540. The van der Waals surface area contributed by atoms with Gasteiger partial charge in [0.1, 0.15) is 0 Å². The number of carbonyl (C=O) groups excluding carboxylic acids is 1. The molecule has 0 aliphatic heterocycles. The number of halogens is 1. The minimum Gasteiger partial charge on any atom is -0.348 e. The molecule has 19 heavy (non-hydrogen) atoms. The molecule has 1 amide bonds. The second-order valence-corrected chi connectivity index (χ2v) is 4.78. The summed E-state index contributed by atoms with van der Waals surface area (Å²) in [5, 5.41) is 3.60. The van der Waals surface area contributed by atoms with Gasteiger partial charge in [-0.3, -0.25) is 9.78 Å². The van der Waals surface area contributed by atoms with E-state index in [4.69, 9.17) is 11.6 Å². The summed E-state index contributed by atoms with van der Waals surface area (Å²) in [5.41, 5.74) is 1.79. The highest BCUT2D eigenvalue weighted by atomic mass is 35.5. The predicted molar refractivity (Wildman–Crippen MR) is 76.0 cm³/mol. The van der Waals surface area contributed by atoms with Crippen LogP contribution in [0, 0.1) is 0 Å². The van der Waals surface area contributed by atoms with Crippen molar-refractivity contribution in [1.82, 2.24) is 10.3 Å². The van der Waals surface area contributed by atoms with Gasteiger partial charge in [0.2, 0.25) is 5.91 Å². The zero-order chi connectivity index (χ0) is 13.7. The van der Waals surface area contributed by atoms with E-state index in [-0.39, 0.29) is 11.9 Å². The lowest BCUT2D eigenvalue weighted by atomic mass is 10.1. The van der Waals surface area contributed by atoms with Crippen LogP contribution in [0.2, 0.25) is 5.02 Å². The third kappa shape index (κ3) is 4.07. The molecule has 0 fully saturated rings. The van der Waals surface area contributed by atoms with Gasteiger partial charge in [0.15, 0.2) is 0 Å². The number of hydrogen-bond donors (Lipinski definition) is 1. The molecule has 1 aromatic carbocycles. The number of aromatic nitrogens is 1. The fourth-order valence-corrected chi connectivity index (χ4v) is 1.91. The summed E-state index contributed by atoms with van der Waals surface area (Å²) in [6.45, 7) is 1.92. The van der Waals surface area contributed by atoms with E-state index >= 15 is 0 Å². The minimum atomic E-state index is -0.0963. The van der Waals surface area contributed by atoms with E-state index in [0.717, 1.165) is 11.3 Å². The Morgan fingerprint density at radius 3 is 2.63 bits per heavy atom. The maximum atomic E-state index is 11.9. The van der Waals surface area contributed by atoms with Crippen LogP contribution in [0.5, 0.6) is 0 Å². The SMILES string of the molecule is CC(NC(=O)Cc1ccc(Cl)cc1)c1ccccn1. The average Bonchev–Trinajstić information content (AvgIpc) is 2.42. The minimum absolute atomic E-state index is 0.0273. The molecule has 1 aromatic heterocycles. The van der Waals surface area contributed by atoms with E-state index in [9.17, 15) is 4.79 Å². The summed E-state index contributed by atoms with van der Waals surface area (Å²) in [6.07, 6.45) is 2.06. The molecule has 1 N–H and O–H groups in total. The summed E-state index contributed by atoms with van der Waals surface area (Å²) in [7, 11) is 0. The van der Waals surface area contributed by atoms with Gasteiger partial charge in [0, 0.05) is 11.2 Å². The Morgan fingerprint density at radius 1 is 1.26 bits per heavy atom. The first kappa shape index (κ1) is 13.6. The van der Waals surface area contributed by atoms with Gasteiger partial charge in [-0.25, -0.2) is 0 Å². The van der Waals surface area contributed by atoms with E-state index in [1.165, 1.54) is 0 Å². The normalized spacial score (nSPS) is 11.9. The van der Waals surface area contributed by atoms with Crippen molar-refractivity contribution in [3.8, 4) is 0 Å². The van der Waals surface area contributed by atoms with E-state index in [2.05, 4.69) is 10.3 Å². The topological polar surface area (TPSA) is 42.0 Å². The summed E-state index contributed by atoms with van der Waals surface area (Å²) < 4.78 is 0. The molecule has 0 radical (unpaired) electrons. The van der Waals surface area contributed by atoms with Gasteiger partial charge >= 0.3 is 0 Å². The largest absolute Gasteiger partial charge is 0.348 e. The second kappa shape index (κ2) is 6.34. The highest BCUT2D eigenvalue weighted by Crippen LogP contribution is 2.11. The molecule has 2 rings (SSSR count). The molecular weight excluding hydrogens is 260 g/mol. The molecule has 4 heteroatoms. The quantitative estimate of drug-likeness (QED) is 0.931. The van der Waals surface area contributed by atoms with Crippen molar-refractivity contribution in [2.24, 2.45) is 0 Å². The van der Waals surface area contributed by atoms with Gasteiger partial charge in [-0.1, -0.05) is 29.8 Å². The highest BCUT2D eigenvalue weighted by molar-refractivity contribution is 6.30. The first-order chi connectivity index (χ1) is 9.15. The van der Waals surface area contributed by atoms with Crippen molar-refractivity contribution in [1.29, 1.82) is 0 Å². The van der Waals surface area contributed by atoms with E-state index in [1.807, 2.05) is 37.3 Å². The van der Waals surface area contributed by atoms with Gasteiger partial charge in [0.05, 0.1) is 18.2 Å². The fraction of sp³-hybridized carbons (Fsp3) is 0.200. The lowest BCUT2D eigenvalue weighted by molar-refractivity contribution is -0.121. The first-order valence-electron chi connectivity index (χ1n) is 6.10. The first-order valence-corrected chi connectivity index (χ1v) is 6.47. The molecule has 0 spiro atoms. The zero-order valence-corrected chi connectivity index (χ0v) is 11.4. The third-order valence-corrected chi connectivity index (χ3v) is 3.04. The van der Waals surface area contributed by atoms with Crippen molar-refractivity contribution in [2.75, 3.05) is 0 Å². The Balaban J connectivity index is 1.93. The molecule has 0 saturated carbocycles. The van der Waals surface area contributed by atoms with Gasteiger partial charge in [-0.2, -0.15) is 0 Å². The van der Waals surface area contributed by atoms with Crippen molar-refractivity contribution < 1.29 is 4.79 Å². The van der Waals surface area contributed by atoms with Crippen LogP contribution in [0.3, 0.4) is 0 Å². The molecular formula is C15H15ClN2O. The van der Waals surface area contributed by atoms with E-state index < -0.39 is 0 Å². The summed E-state index contributed by atoms with van der Waals surface area (Å²) in [5.74, 6) is -0.0273. The summed E-state index contributed by atoms with van der Waals surface area (Å²) in [6, 6.07) is 12.8. The number of nitrogens with zero attached hydrogens (tertiary/aromatic N) is 1. The van der Waals surface area contributed by atoms with Crippen LogP contribution in [-0.4, -0.2) is 10.9 Å². The van der Waals surface area contributed by atoms with Gasteiger partial charge < -0.3 is 5.32 Å². The molecule has 3 nitrogen and oxygen atoms in total.